The molecule has 0 saturated heterocycles. The quantitative estimate of drug-likeness (QED) is 0.655. The number of anilines is 1. The number of carbonyl (C=O) groups is 3. The first-order valence-corrected chi connectivity index (χ1v) is 8.67. The van der Waals surface area contributed by atoms with Crippen LogP contribution >= 0.6 is 0 Å². The van der Waals surface area contributed by atoms with Crippen LogP contribution in [-0.2, 0) is 4.79 Å². The van der Waals surface area contributed by atoms with E-state index < -0.39 is 6.03 Å². The van der Waals surface area contributed by atoms with Crippen LogP contribution in [0.15, 0.2) is 18.2 Å². The van der Waals surface area contributed by atoms with E-state index in [1.807, 2.05) is 0 Å². The molecule has 0 aliphatic heterocycles. The molecular weight excluding hydrogens is 320 g/mol. The number of hydrogen-bond acceptors (Lipinski definition) is 3. The molecule has 25 heavy (non-hydrogen) atoms. The SMILES string of the molecule is CNC(=O)c1cccc(NC(=O)NCC(=O)NC2CCCCC2)c1C. The Morgan fingerprint density at radius 1 is 1.12 bits per heavy atom. The molecule has 7 heteroatoms. The van der Waals surface area contributed by atoms with Gasteiger partial charge in [0, 0.05) is 24.3 Å². The first-order chi connectivity index (χ1) is 12.0. The molecule has 0 bridgehead atoms. The lowest BCUT2D eigenvalue weighted by Crippen LogP contribution is -2.43. The largest absolute Gasteiger partial charge is 0.355 e. The number of benzene rings is 1. The van der Waals surface area contributed by atoms with Crippen LogP contribution in [-0.4, -0.2) is 37.5 Å². The Morgan fingerprint density at radius 2 is 1.84 bits per heavy atom. The Bertz CT molecular complexity index is 639. The molecule has 0 unspecified atom stereocenters. The van der Waals surface area contributed by atoms with E-state index in [2.05, 4.69) is 21.3 Å². The van der Waals surface area contributed by atoms with Gasteiger partial charge in [-0.1, -0.05) is 25.3 Å². The summed E-state index contributed by atoms with van der Waals surface area (Å²) in [7, 11) is 1.56. The number of nitrogens with one attached hydrogen (secondary N) is 4. The van der Waals surface area contributed by atoms with Crippen molar-refractivity contribution in [1.29, 1.82) is 0 Å². The van der Waals surface area contributed by atoms with Gasteiger partial charge >= 0.3 is 6.03 Å². The zero-order valence-corrected chi connectivity index (χ0v) is 14.8. The lowest BCUT2D eigenvalue weighted by atomic mass is 9.95. The van der Waals surface area contributed by atoms with Crippen molar-refractivity contribution in [3.05, 3.63) is 29.3 Å². The van der Waals surface area contributed by atoms with Gasteiger partial charge in [0.2, 0.25) is 5.91 Å². The second-order valence-electron chi connectivity index (χ2n) is 6.27. The van der Waals surface area contributed by atoms with E-state index in [9.17, 15) is 14.4 Å². The van der Waals surface area contributed by atoms with Gasteiger partial charge in [0.25, 0.3) is 5.91 Å². The van der Waals surface area contributed by atoms with Gasteiger partial charge in [-0.15, -0.1) is 0 Å². The van der Waals surface area contributed by atoms with Crippen molar-refractivity contribution in [2.24, 2.45) is 0 Å². The Morgan fingerprint density at radius 3 is 2.52 bits per heavy atom. The molecule has 136 valence electrons. The van der Waals surface area contributed by atoms with Crippen molar-refractivity contribution in [3.63, 3.8) is 0 Å². The maximum Gasteiger partial charge on any atom is 0.319 e. The van der Waals surface area contributed by atoms with E-state index in [0.717, 1.165) is 25.7 Å². The summed E-state index contributed by atoms with van der Waals surface area (Å²) in [6, 6.07) is 4.84. The van der Waals surface area contributed by atoms with Crippen LogP contribution in [0, 0.1) is 6.92 Å². The normalized spacial score (nSPS) is 14.5. The molecule has 0 spiro atoms. The van der Waals surface area contributed by atoms with Crippen molar-refractivity contribution in [2.75, 3.05) is 18.9 Å². The highest BCUT2D eigenvalue weighted by Crippen LogP contribution is 2.19. The molecule has 0 heterocycles. The minimum atomic E-state index is -0.476. The summed E-state index contributed by atoms with van der Waals surface area (Å²) in [5, 5.41) is 10.7. The smallest absolute Gasteiger partial charge is 0.319 e. The predicted molar refractivity (Wildman–Crippen MR) is 96.6 cm³/mol. The van der Waals surface area contributed by atoms with E-state index in [0.29, 0.717) is 16.8 Å². The molecule has 1 aromatic rings. The molecule has 4 amide bonds. The zero-order valence-electron chi connectivity index (χ0n) is 14.8. The van der Waals surface area contributed by atoms with Gasteiger partial charge in [0.05, 0.1) is 6.54 Å². The number of hydrogen-bond donors (Lipinski definition) is 4. The van der Waals surface area contributed by atoms with E-state index in [-0.39, 0.29) is 24.4 Å². The van der Waals surface area contributed by atoms with Gasteiger partial charge in [-0.05, 0) is 37.5 Å². The van der Waals surface area contributed by atoms with Crippen LogP contribution in [0.1, 0.15) is 48.0 Å². The molecule has 4 N–H and O–H groups in total. The van der Waals surface area contributed by atoms with Crippen LogP contribution in [0.2, 0.25) is 0 Å². The van der Waals surface area contributed by atoms with Crippen LogP contribution in [0.25, 0.3) is 0 Å². The fourth-order valence-electron chi connectivity index (χ4n) is 3.00. The first kappa shape index (κ1) is 18.8. The summed E-state index contributed by atoms with van der Waals surface area (Å²) in [6.45, 7) is 1.69. The van der Waals surface area contributed by atoms with E-state index >= 15 is 0 Å². The van der Waals surface area contributed by atoms with Crippen LogP contribution in [0.3, 0.4) is 0 Å². The standard InChI is InChI=1S/C18H26N4O3/c1-12-14(17(24)19-2)9-6-10-15(12)22-18(25)20-11-16(23)21-13-7-4-3-5-8-13/h6,9-10,13H,3-5,7-8,11H2,1-2H3,(H,19,24)(H,21,23)(H2,20,22,25). The van der Waals surface area contributed by atoms with Gasteiger partial charge in [0.15, 0.2) is 0 Å². The van der Waals surface area contributed by atoms with Crippen LogP contribution in [0.4, 0.5) is 10.5 Å². The van der Waals surface area contributed by atoms with Crippen molar-refractivity contribution in [1.82, 2.24) is 16.0 Å². The molecule has 0 radical (unpaired) electrons. The Labute approximate surface area is 147 Å². The molecular formula is C18H26N4O3. The fraction of sp³-hybridized carbons (Fsp3) is 0.500. The van der Waals surface area contributed by atoms with Crippen molar-refractivity contribution < 1.29 is 14.4 Å². The highest BCUT2D eigenvalue weighted by molar-refractivity contribution is 5.99. The topological polar surface area (TPSA) is 99.3 Å². The van der Waals surface area contributed by atoms with Gasteiger partial charge in [-0.3, -0.25) is 9.59 Å². The lowest BCUT2D eigenvalue weighted by Gasteiger charge is -2.22. The predicted octanol–water partition coefficient (Wildman–Crippen LogP) is 1.93. The molecule has 1 aliphatic rings. The summed E-state index contributed by atoms with van der Waals surface area (Å²) in [6.07, 6.45) is 5.51. The number of carbonyl (C=O) groups excluding carboxylic acids is 3. The zero-order chi connectivity index (χ0) is 18.2. The number of urea groups is 1. The fourth-order valence-corrected chi connectivity index (χ4v) is 3.00. The van der Waals surface area contributed by atoms with E-state index in [4.69, 9.17) is 0 Å². The highest BCUT2D eigenvalue weighted by Gasteiger charge is 2.16. The molecule has 2 rings (SSSR count). The van der Waals surface area contributed by atoms with E-state index in [1.165, 1.54) is 6.42 Å². The summed E-state index contributed by atoms with van der Waals surface area (Å²) in [5.41, 5.74) is 1.70. The number of amides is 4. The third-order valence-electron chi connectivity index (χ3n) is 4.43. The van der Waals surface area contributed by atoms with Gasteiger partial charge in [0.1, 0.15) is 0 Å². The van der Waals surface area contributed by atoms with Gasteiger partial charge in [-0.2, -0.15) is 0 Å². The maximum absolute atomic E-state index is 12.0. The van der Waals surface area contributed by atoms with Crippen molar-refractivity contribution in [3.8, 4) is 0 Å². The van der Waals surface area contributed by atoms with Crippen LogP contribution in [0.5, 0.6) is 0 Å². The molecule has 1 fully saturated rings. The number of rotatable bonds is 5. The first-order valence-electron chi connectivity index (χ1n) is 8.67. The molecule has 1 saturated carbocycles. The van der Waals surface area contributed by atoms with E-state index in [1.54, 1.807) is 32.2 Å². The molecule has 0 atom stereocenters. The lowest BCUT2D eigenvalue weighted by molar-refractivity contribution is -0.121. The summed E-state index contributed by atoms with van der Waals surface area (Å²) in [5.74, 6) is -0.397. The van der Waals surface area contributed by atoms with Gasteiger partial charge in [-0.25, -0.2) is 4.79 Å². The Kier molecular flexibility index (Phi) is 6.80. The van der Waals surface area contributed by atoms with Crippen molar-refractivity contribution in [2.45, 2.75) is 45.1 Å². The molecule has 7 nitrogen and oxygen atoms in total. The summed E-state index contributed by atoms with van der Waals surface area (Å²) in [4.78, 5) is 35.7. The Balaban J connectivity index is 1.83. The third kappa shape index (κ3) is 5.48. The summed E-state index contributed by atoms with van der Waals surface area (Å²) < 4.78 is 0. The average molecular weight is 346 g/mol. The minimum Gasteiger partial charge on any atom is -0.355 e. The minimum absolute atomic E-state index is 0.0729. The van der Waals surface area contributed by atoms with Crippen molar-refractivity contribution >= 4 is 23.5 Å². The average Bonchev–Trinajstić information content (AvgIpc) is 2.62. The molecule has 1 aromatic carbocycles. The van der Waals surface area contributed by atoms with Gasteiger partial charge < -0.3 is 21.3 Å². The second-order valence-corrected chi connectivity index (χ2v) is 6.27. The maximum atomic E-state index is 12.0. The molecule has 0 aromatic heterocycles. The highest BCUT2D eigenvalue weighted by atomic mass is 16.2. The summed E-state index contributed by atoms with van der Waals surface area (Å²) >= 11 is 0. The monoisotopic (exact) mass is 346 g/mol. The van der Waals surface area contributed by atoms with Crippen LogP contribution < -0.4 is 21.3 Å². The third-order valence-corrected chi connectivity index (χ3v) is 4.43. The Hall–Kier alpha value is -2.57. The molecule has 1 aliphatic carbocycles. The second kappa shape index (κ2) is 9.05.